The number of methoxy groups -OCH3 is 1. The molecule has 1 aliphatic rings. The lowest BCUT2D eigenvalue weighted by Gasteiger charge is -2.23. The molecule has 7 nitrogen and oxygen atoms in total. The van der Waals surface area contributed by atoms with Gasteiger partial charge in [0, 0.05) is 10.7 Å². The van der Waals surface area contributed by atoms with E-state index >= 15 is 0 Å². The third-order valence-electron chi connectivity index (χ3n) is 5.32. The highest BCUT2D eigenvalue weighted by Crippen LogP contribution is 2.44. The molecule has 0 spiro atoms. The van der Waals surface area contributed by atoms with Crippen molar-refractivity contribution in [2.24, 2.45) is 0 Å². The molecule has 0 aliphatic carbocycles. The fourth-order valence-electron chi connectivity index (χ4n) is 3.85. The van der Waals surface area contributed by atoms with E-state index in [0.29, 0.717) is 40.3 Å². The minimum atomic E-state index is -0.986. The van der Waals surface area contributed by atoms with Crippen LogP contribution in [0.4, 0.5) is 5.69 Å². The molecule has 3 aromatic rings. The molecule has 1 saturated heterocycles. The Morgan fingerprint density at radius 2 is 1.85 bits per heavy atom. The summed E-state index contributed by atoms with van der Waals surface area (Å²) >= 11 is 6.13. The Kier molecular flexibility index (Phi) is 6.16. The van der Waals surface area contributed by atoms with E-state index in [0.717, 1.165) is 0 Å². The fourth-order valence-corrected chi connectivity index (χ4v) is 4.02. The maximum Gasteiger partial charge on any atom is 0.300 e. The van der Waals surface area contributed by atoms with E-state index in [1.807, 2.05) is 6.92 Å². The monoisotopic (exact) mass is 467 g/mol. The molecule has 2 heterocycles. The molecule has 8 heteroatoms. The third kappa shape index (κ3) is 4.07. The topological polar surface area (TPSA) is 89.2 Å². The summed E-state index contributed by atoms with van der Waals surface area (Å²) < 4.78 is 16.6. The molecule has 2 aromatic carbocycles. The number of hydrogen-bond acceptors (Lipinski definition) is 6. The second-order valence-corrected chi connectivity index (χ2v) is 7.83. The zero-order chi connectivity index (χ0) is 23.7. The highest BCUT2D eigenvalue weighted by Gasteiger charge is 2.48. The van der Waals surface area contributed by atoms with E-state index in [1.54, 1.807) is 55.5 Å². The summed E-state index contributed by atoms with van der Waals surface area (Å²) in [6, 6.07) is 13.9. The molecular formula is C25H22ClNO6. The molecule has 1 amide bonds. The molecule has 0 saturated carbocycles. The molecule has 1 atom stereocenters. The Morgan fingerprint density at radius 3 is 2.45 bits per heavy atom. The van der Waals surface area contributed by atoms with Gasteiger partial charge in [-0.15, -0.1) is 0 Å². The summed E-state index contributed by atoms with van der Waals surface area (Å²) in [6.07, 6.45) is 0. The number of aliphatic hydroxyl groups excluding tert-OH is 1. The number of aliphatic hydroxyl groups is 1. The normalized spacial score (nSPS) is 17.5. The van der Waals surface area contributed by atoms with Gasteiger partial charge in [-0.05, 0) is 68.4 Å². The molecule has 33 heavy (non-hydrogen) atoms. The molecule has 1 aliphatic heterocycles. The van der Waals surface area contributed by atoms with E-state index in [9.17, 15) is 14.7 Å². The number of amides is 1. The van der Waals surface area contributed by atoms with Gasteiger partial charge in [0.1, 0.15) is 34.8 Å². The number of carbonyl (C=O) groups is 2. The second kappa shape index (κ2) is 9.03. The van der Waals surface area contributed by atoms with Crippen molar-refractivity contribution in [1.29, 1.82) is 0 Å². The molecule has 1 fully saturated rings. The Hall–Kier alpha value is -3.71. The van der Waals surface area contributed by atoms with Gasteiger partial charge in [-0.2, -0.15) is 0 Å². The summed E-state index contributed by atoms with van der Waals surface area (Å²) in [6.45, 7) is 4.12. The highest BCUT2D eigenvalue weighted by molar-refractivity contribution is 6.51. The predicted molar refractivity (Wildman–Crippen MR) is 124 cm³/mol. The SMILES string of the molecule is CCOc1ccc(N2C(=O)C(=O)/C(=C(/O)c3cc(Cl)ccc3OC)C2c2ccc(C)o2)cc1. The van der Waals surface area contributed by atoms with Crippen molar-refractivity contribution in [3.63, 3.8) is 0 Å². The number of halogens is 1. The van der Waals surface area contributed by atoms with E-state index in [2.05, 4.69) is 0 Å². The van der Waals surface area contributed by atoms with Crippen molar-refractivity contribution >= 4 is 34.7 Å². The molecule has 4 rings (SSSR count). The van der Waals surface area contributed by atoms with Crippen molar-refractivity contribution in [3.05, 3.63) is 82.3 Å². The van der Waals surface area contributed by atoms with Crippen molar-refractivity contribution in [1.82, 2.24) is 0 Å². The highest BCUT2D eigenvalue weighted by atomic mass is 35.5. The van der Waals surface area contributed by atoms with Crippen LogP contribution in [0.15, 0.2) is 64.6 Å². The van der Waals surface area contributed by atoms with Crippen molar-refractivity contribution < 1.29 is 28.6 Å². The average Bonchev–Trinajstić information content (AvgIpc) is 3.35. The summed E-state index contributed by atoms with van der Waals surface area (Å²) in [5, 5.41) is 11.6. The molecule has 1 N–H and O–H groups in total. The maximum absolute atomic E-state index is 13.2. The summed E-state index contributed by atoms with van der Waals surface area (Å²) in [5.74, 6) is -0.167. The van der Waals surface area contributed by atoms with Gasteiger partial charge in [0.05, 0.1) is 24.9 Å². The minimum absolute atomic E-state index is 0.121. The standard InChI is InChI=1S/C25H22ClNO6/c1-4-32-17-9-7-16(8-10-17)27-22(20-11-5-14(2)33-20)21(24(29)25(27)30)23(28)18-13-15(26)6-12-19(18)31-3/h5-13,22,28H,4H2,1-3H3/b23-21+. The van der Waals surface area contributed by atoms with Crippen LogP contribution in [-0.2, 0) is 9.59 Å². The lowest BCUT2D eigenvalue weighted by atomic mass is 9.98. The summed E-state index contributed by atoms with van der Waals surface area (Å²) in [4.78, 5) is 27.7. The number of furan rings is 1. The first-order chi connectivity index (χ1) is 15.8. The zero-order valence-electron chi connectivity index (χ0n) is 18.3. The van der Waals surface area contributed by atoms with Gasteiger partial charge in [0.15, 0.2) is 0 Å². The van der Waals surface area contributed by atoms with E-state index in [1.165, 1.54) is 18.1 Å². The summed E-state index contributed by atoms with van der Waals surface area (Å²) in [7, 11) is 1.44. The van der Waals surface area contributed by atoms with E-state index in [4.69, 9.17) is 25.5 Å². The van der Waals surface area contributed by atoms with Crippen LogP contribution in [0.25, 0.3) is 5.76 Å². The Bertz CT molecular complexity index is 1240. The molecule has 170 valence electrons. The number of ether oxygens (including phenoxy) is 2. The first-order valence-corrected chi connectivity index (χ1v) is 10.7. The number of anilines is 1. The third-order valence-corrected chi connectivity index (χ3v) is 5.55. The van der Waals surface area contributed by atoms with Crippen LogP contribution < -0.4 is 14.4 Å². The van der Waals surface area contributed by atoms with E-state index < -0.39 is 23.5 Å². The van der Waals surface area contributed by atoms with Gasteiger partial charge in [0.2, 0.25) is 0 Å². The van der Waals surface area contributed by atoms with Gasteiger partial charge in [-0.3, -0.25) is 14.5 Å². The number of carbonyl (C=O) groups excluding carboxylic acids is 2. The first kappa shape index (κ1) is 22.5. The van der Waals surface area contributed by atoms with Crippen molar-refractivity contribution in [2.45, 2.75) is 19.9 Å². The second-order valence-electron chi connectivity index (χ2n) is 7.39. The number of aryl methyl sites for hydroxylation is 1. The van der Waals surface area contributed by atoms with Gasteiger partial charge in [-0.25, -0.2) is 0 Å². The van der Waals surface area contributed by atoms with Crippen LogP contribution in [0.3, 0.4) is 0 Å². The molecule has 1 aromatic heterocycles. The van der Waals surface area contributed by atoms with Crippen LogP contribution >= 0.6 is 11.6 Å². The van der Waals surface area contributed by atoms with E-state index in [-0.39, 0.29) is 11.1 Å². The Morgan fingerprint density at radius 1 is 1.12 bits per heavy atom. The molecule has 1 unspecified atom stereocenters. The van der Waals surface area contributed by atoms with Crippen molar-refractivity contribution in [3.8, 4) is 11.5 Å². The number of benzene rings is 2. The van der Waals surface area contributed by atoms with Crippen LogP contribution in [0.2, 0.25) is 5.02 Å². The van der Waals surface area contributed by atoms with Crippen LogP contribution in [0.1, 0.15) is 30.0 Å². The zero-order valence-corrected chi connectivity index (χ0v) is 19.1. The summed E-state index contributed by atoms with van der Waals surface area (Å²) in [5.41, 5.74) is 0.531. The van der Waals surface area contributed by atoms with Crippen LogP contribution in [0.5, 0.6) is 11.5 Å². The number of ketones is 1. The van der Waals surface area contributed by atoms with Crippen molar-refractivity contribution in [2.75, 3.05) is 18.6 Å². The molecule has 0 bridgehead atoms. The number of rotatable bonds is 6. The number of hydrogen-bond donors (Lipinski definition) is 1. The number of Topliss-reactive ketones (excluding diaryl/α,β-unsaturated/α-hetero) is 1. The van der Waals surface area contributed by atoms with Crippen LogP contribution in [-0.4, -0.2) is 30.5 Å². The van der Waals surface area contributed by atoms with Gasteiger partial charge in [0.25, 0.3) is 11.7 Å². The largest absolute Gasteiger partial charge is 0.507 e. The lowest BCUT2D eigenvalue weighted by molar-refractivity contribution is -0.132. The average molecular weight is 468 g/mol. The molecular weight excluding hydrogens is 446 g/mol. The lowest BCUT2D eigenvalue weighted by Crippen LogP contribution is -2.29. The van der Waals surface area contributed by atoms with Gasteiger partial charge < -0.3 is 19.0 Å². The van der Waals surface area contributed by atoms with Gasteiger partial charge in [-0.1, -0.05) is 11.6 Å². The number of nitrogens with zero attached hydrogens (tertiary/aromatic N) is 1. The molecule has 0 radical (unpaired) electrons. The smallest absolute Gasteiger partial charge is 0.300 e. The minimum Gasteiger partial charge on any atom is -0.507 e. The quantitative estimate of drug-likeness (QED) is 0.301. The Labute approximate surface area is 195 Å². The maximum atomic E-state index is 13.2. The van der Waals surface area contributed by atoms with Gasteiger partial charge >= 0.3 is 0 Å². The fraction of sp³-hybridized carbons (Fsp3) is 0.200. The van der Waals surface area contributed by atoms with Crippen LogP contribution in [0, 0.1) is 6.92 Å². The first-order valence-electron chi connectivity index (χ1n) is 10.3. The Balaban J connectivity index is 1.91. The predicted octanol–water partition coefficient (Wildman–Crippen LogP) is 5.28.